The number of H-pyrrole nitrogens is 1. The second-order valence-corrected chi connectivity index (χ2v) is 3.31. The number of carbonyl (C=O) groups excluding carboxylic acids is 1. The first-order valence-corrected chi connectivity index (χ1v) is 4.44. The predicted octanol–water partition coefficient (Wildman–Crippen LogP) is -0.306. The highest BCUT2D eigenvalue weighted by Crippen LogP contribution is 1.98. The van der Waals surface area contributed by atoms with Gasteiger partial charge in [-0.1, -0.05) is 0 Å². The van der Waals surface area contributed by atoms with E-state index in [4.69, 9.17) is 5.11 Å². The van der Waals surface area contributed by atoms with Crippen molar-refractivity contribution in [1.82, 2.24) is 20.7 Å². The summed E-state index contributed by atoms with van der Waals surface area (Å²) in [5.41, 5.74) is 0.252. The minimum atomic E-state index is -0.428. The molecular weight excluding hydrogens is 184 g/mol. The molecule has 6 heteroatoms. The maximum absolute atomic E-state index is 11.4. The van der Waals surface area contributed by atoms with Gasteiger partial charge >= 0.3 is 0 Å². The molecule has 0 saturated carbocycles. The van der Waals surface area contributed by atoms with Crippen LogP contribution in [0.4, 0.5) is 0 Å². The monoisotopic (exact) mass is 198 g/mol. The smallest absolute Gasteiger partial charge is 0.273 e. The van der Waals surface area contributed by atoms with E-state index < -0.39 is 6.10 Å². The molecule has 0 aliphatic carbocycles. The van der Waals surface area contributed by atoms with Crippen molar-refractivity contribution in [3.63, 3.8) is 0 Å². The van der Waals surface area contributed by atoms with Gasteiger partial charge in [0.25, 0.3) is 5.91 Å². The van der Waals surface area contributed by atoms with Crippen LogP contribution in [0.1, 0.15) is 30.8 Å². The van der Waals surface area contributed by atoms with Crippen molar-refractivity contribution in [1.29, 1.82) is 0 Å². The number of rotatable bonds is 4. The molecule has 0 spiro atoms. The fourth-order valence-corrected chi connectivity index (χ4v) is 1.18. The molecule has 0 fully saturated rings. The van der Waals surface area contributed by atoms with Gasteiger partial charge in [0.1, 0.15) is 0 Å². The Hall–Kier alpha value is -1.43. The number of nitrogens with one attached hydrogen (secondary N) is 2. The Balaban J connectivity index is 2.41. The first-order chi connectivity index (χ1) is 6.59. The lowest BCUT2D eigenvalue weighted by atomic mass is 10.1. The Morgan fingerprint density at radius 1 is 1.71 bits per heavy atom. The number of nitrogens with zero attached hydrogens (tertiary/aromatic N) is 2. The van der Waals surface area contributed by atoms with Crippen molar-refractivity contribution in [2.75, 3.05) is 0 Å². The van der Waals surface area contributed by atoms with Gasteiger partial charge in [0, 0.05) is 6.04 Å². The van der Waals surface area contributed by atoms with Crippen molar-refractivity contribution in [3.8, 4) is 0 Å². The summed E-state index contributed by atoms with van der Waals surface area (Å²) < 4.78 is 0. The number of carbonyl (C=O) groups is 1. The molecule has 0 radical (unpaired) electrons. The van der Waals surface area contributed by atoms with E-state index in [1.165, 1.54) is 6.20 Å². The zero-order valence-corrected chi connectivity index (χ0v) is 8.19. The maximum Gasteiger partial charge on any atom is 0.273 e. The van der Waals surface area contributed by atoms with Crippen molar-refractivity contribution >= 4 is 5.91 Å². The average molecular weight is 198 g/mol. The standard InChI is InChI=1S/C8H14N4O2/c1-5(3-6(2)13)10-8(14)7-4-9-12-11-7/h4-6,13H,3H2,1-2H3,(H,10,14)(H,9,11,12). The molecule has 0 aromatic carbocycles. The van der Waals surface area contributed by atoms with E-state index in [-0.39, 0.29) is 17.6 Å². The van der Waals surface area contributed by atoms with Crippen LogP contribution in [0.2, 0.25) is 0 Å². The SMILES string of the molecule is CC(O)CC(C)NC(=O)c1cn[nH]n1. The van der Waals surface area contributed by atoms with Crippen LogP contribution in [0.25, 0.3) is 0 Å². The highest BCUT2D eigenvalue weighted by atomic mass is 16.3. The molecule has 0 aliphatic rings. The van der Waals surface area contributed by atoms with Crippen LogP contribution in [-0.4, -0.2) is 38.6 Å². The lowest BCUT2D eigenvalue weighted by Gasteiger charge is -2.13. The van der Waals surface area contributed by atoms with Gasteiger partial charge in [-0.05, 0) is 20.3 Å². The van der Waals surface area contributed by atoms with Gasteiger partial charge in [-0.25, -0.2) is 0 Å². The average Bonchev–Trinajstić information content (AvgIpc) is 2.53. The molecule has 0 saturated heterocycles. The lowest BCUT2D eigenvalue weighted by Crippen LogP contribution is -2.34. The number of hydrogen-bond donors (Lipinski definition) is 3. The van der Waals surface area contributed by atoms with Crippen LogP contribution >= 0.6 is 0 Å². The summed E-state index contributed by atoms with van der Waals surface area (Å²) in [5.74, 6) is -0.285. The maximum atomic E-state index is 11.4. The molecule has 14 heavy (non-hydrogen) atoms. The van der Waals surface area contributed by atoms with Crippen LogP contribution in [0.3, 0.4) is 0 Å². The predicted molar refractivity (Wildman–Crippen MR) is 49.6 cm³/mol. The summed E-state index contributed by atoms with van der Waals surface area (Å²) in [4.78, 5) is 11.4. The summed E-state index contributed by atoms with van der Waals surface area (Å²) in [6.45, 7) is 3.50. The van der Waals surface area contributed by atoms with Crippen molar-refractivity contribution in [2.45, 2.75) is 32.4 Å². The lowest BCUT2D eigenvalue weighted by molar-refractivity contribution is 0.0918. The summed E-state index contributed by atoms with van der Waals surface area (Å²) in [6, 6.07) is -0.0841. The Labute approximate surface area is 81.7 Å². The third-order valence-electron chi connectivity index (χ3n) is 1.72. The fraction of sp³-hybridized carbons (Fsp3) is 0.625. The number of aliphatic hydroxyl groups excluding tert-OH is 1. The van der Waals surface area contributed by atoms with Crippen molar-refractivity contribution in [3.05, 3.63) is 11.9 Å². The van der Waals surface area contributed by atoms with E-state index >= 15 is 0 Å². The second-order valence-electron chi connectivity index (χ2n) is 3.31. The molecule has 1 heterocycles. The topological polar surface area (TPSA) is 90.9 Å². The molecular formula is C8H14N4O2. The molecule has 2 unspecified atom stereocenters. The van der Waals surface area contributed by atoms with Gasteiger partial charge in [0.05, 0.1) is 12.3 Å². The van der Waals surface area contributed by atoms with Crippen LogP contribution in [0.15, 0.2) is 6.20 Å². The zero-order chi connectivity index (χ0) is 10.6. The Morgan fingerprint density at radius 2 is 2.43 bits per heavy atom. The highest BCUT2D eigenvalue weighted by Gasteiger charge is 2.13. The van der Waals surface area contributed by atoms with E-state index in [0.29, 0.717) is 6.42 Å². The molecule has 1 aromatic heterocycles. The molecule has 1 amide bonds. The first kappa shape index (κ1) is 10.6. The van der Waals surface area contributed by atoms with Crippen LogP contribution in [-0.2, 0) is 0 Å². The quantitative estimate of drug-likeness (QED) is 0.619. The molecule has 2 atom stereocenters. The number of hydrogen-bond acceptors (Lipinski definition) is 4. The minimum Gasteiger partial charge on any atom is -0.393 e. The number of aromatic nitrogens is 3. The van der Waals surface area contributed by atoms with Gasteiger partial charge in [-0.2, -0.15) is 15.4 Å². The van der Waals surface area contributed by atoms with Crippen molar-refractivity contribution in [2.24, 2.45) is 0 Å². The van der Waals surface area contributed by atoms with E-state index in [1.54, 1.807) is 6.92 Å². The summed E-state index contributed by atoms with van der Waals surface area (Å²) in [7, 11) is 0. The van der Waals surface area contributed by atoms with Crippen LogP contribution in [0.5, 0.6) is 0 Å². The Bertz CT molecular complexity index is 284. The molecule has 1 rings (SSSR count). The van der Waals surface area contributed by atoms with Gasteiger partial charge in [-0.3, -0.25) is 4.79 Å². The zero-order valence-electron chi connectivity index (χ0n) is 8.19. The van der Waals surface area contributed by atoms with E-state index in [0.717, 1.165) is 0 Å². The fourth-order valence-electron chi connectivity index (χ4n) is 1.18. The van der Waals surface area contributed by atoms with Gasteiger partial charge in [0.15, 0.2) is 5.69 Å². The Morgan fingerprint density at radius 3 is 2.93 bits per heavy atom. The minimum absolute atomic E-state index is 0.0841. The number of aromatic amines is 1. The van der Waals surface area contributed by atoms with Crippen LogP contribution < -0.4 is 5.32 Å². The largest absolute Gasteiger partial charge is 0.393 e. The summed E-state index contributed by atoms with van der Waals surface area (Å²) in [5, 5.41) is 21.3. The first-order valence-electron chi connectivity index (χ1n) is 4.44. The third kappa shape index (κ3) is 3.14. The normalized spacial score (nSPS) is 14.8. The summed E-state index contributed by atoms with van der Waals surface area (Å²) in [6.07, 6.45) is 1.44. The molecule has 1 aromatic rings. The summed E-state index contributed by atoms with van der Waals surface area (Å²) >= 11 is 0. The molecule has 3 N–H and O–H groups in total. The van der Waals surface area contributed by atoms with Gasteiger partial charge < -0.3 is 10.4 Å². The molecule has 78 valence electrons. The number of amides is 1. The van der Waals surface area contributed by atoms with E-state index in [2.05, 4.69) is 20.7 Å². The van der Waals surface area contributed by atoms with Crippen molar-refractivity contribution < 1.29 is 9.90 Å². The highest BCUT2D eigenvalue weighted by molar-refractivity contribution is 5.91. The molecule has 0 aliphatic heterocycles. The van der Waals surface area contributed by atoms with E-state index in [9.17, 15) is 4.79 Å². The molecule has 0 bridgehead atoms. The number of aliphatic hydroxyl groups is 1. The third-order valence-corrected chi connectivity index (χ3v) is 1.72. The van der Waals surface area contributed by atoms with Gasteiger partial charge in [-0.15, -0.1) is 0 Å². The van der Waals surface area contributed by atoms with E-state index in [1.807, 2.05) is 6.92 Å². The molecule has 6 nitrogen and oxygen atoms in total. The Kier molecular flexibility index (Phi) is 3.58. The second kappa shape index (κ2) is 4.71. The van der Waals surface area contributed by atoms with Gasteiger partial charge in [0.2, 0.25) is 0 Å². The van der Waals surface area contributed by atoms with Crippen LogP contribution in [0, 0.1) is 0 Å².